The van der Waals surface area contributed by atoms with Gasteiger partial charge in [0, 0.05) is 18.0 Å². The number of primary amides is 2. The van der Waals surface area contributed by atoms with E-state index in [0.29, 0.717) is 0 Å². The Labute approximate surface area is 103 Å². The highest BCUT2D eigenvalue weighted by atomic mass is 16.1. The third-order valence-electron chi connectivity index (χ3n) is 2.38. The van der Waals surface area contributed by atoms with Crippen molar-refractivity contribution in [2.24, 2.45) is 11.5 Å². The molecule has 6 nitrogen and oxygen atoms in total. The van der Waals surface area contributed by atoms with E-state index in [0.717, 1.165) is 0 Å². The Morgan fingerprint density at radius 2 is 1.39 bits per heavy atom. The van der Waals surface area contributed by atoms with Crippen molar-refractivity contribution in [2.75, 3.05) is 0 Å². The van der Waals surface area contributed by atoms with Gasteiger partial charge in [-0.05, 0) is 18.2 Å². The Bertz CT molecular complexity index is 578. The number of nitrogens with zero attached hydrogens (tertiary/aromatic N) is 2. The number of carbonyl (C=O) groups excluding carboxylic acids is 2. The minimum absolute atomic E-state index is 0.164. The largest absolute Gasteiger partial charge is 0.366 e. The van der Waals surface area contributed by atoms with Gasteiger partial charge >= 0.3 is 0 Å². The fraction of sp³-hybridized carbons (Fsp3) is 0. The van der Waals surface area contributed by atoms with Crippen LogP contribution in [0, 0.1) is 0 Å². The number of rotatable bonds is 3. The second-order valence-corrected chi connectivity index (χ2v) is 3.53. The van der Waals surface area contributed by atoms with E-state index in [2.05, 4.69) is 9.97 Å². The van der Waals surface area contributed by atoms with Gasteiger partial charge in [-0.1, -0.05) is 6.07 Å². The first kappa shape index (κ1) is 11.7. The van der Waals surface area contributed by atoms with Gasteiger partial charge in [0.05, 0.1) is 11.1 Å². The summed E-state index contributed by atoms with van der Waals surface area (Å²) >= 11 is 0. The summed E-state index contributed by atoms with van der Waals surface area (Å²) in [5.74, 6) is -1.10. The predicted molar refractivity (Wildman–Crippen MR) is 64.5 cm³/mol. The molecule has 0 saturated heterocycles. The van der Waals surface area contributed by atoms with Gasteiger partial charge in [0.25, 0.3) is 0 Å². The van der Waals surface area contributed by atoms with Crippen molar-refractivity contribution in [2.45, 2.75) is 0 Å². The van der Waals surface area contributed by atoms with Crippen molar-refractivity contribution in [1.82, 2.24) is 9.97 Å². The zero-order valence-corrected chi connectivity index (χ0v) is 9.33. The van der Waals surface area contributed by atoms with Crippen LogP contribution in [0.3, 0.4) is 0 Å². The molecule has 1 aromatic heterocycles. The minimum Gasteiger partial charge on any atom is -0.366 e. The van der Waals surface area contributed by atoms with Crippen molar-refractivity contribution in [1.29, 1.82) is 0 Å². The van der Waals surface area contributed by atoms with Gasteiger partial charge in [-0.3, -0.25) is 9.59 Å². The van der Waals surface area contributed by atoms with Gasteiger partial charge in [-0.15, -0.1) is 0 Å². The summed E-state index contributed by atoms with van der Waals surface area (Å²) in [6.45, 7) is 0. The topological polar surface area (TPSA) is 112 Å². The van der Waals surface area contributed by atoms with Gasteiger partial charge < -0.3 is 11.5 Å². The zero-order valence-electron chi connectivity index (χ0n) is 9.33. The van der Waals surface area contributed by atoms with Crippen LogP contribution in [-0.2, 0) is 0 Å². The first-order valence-corrected chi connectivity index (χ1v) is 5.11. The zero-order chi connectivity index (χ0) is 13.1. The van der Waals surface area contributed by atoms with Crippen LogP contribution in [0.5, 0.6) is 0 Å². The lowest BCUT2D eigenvalue weighted by atomic mass is 9.99. The highest BCUT2D eigenvalue weighted by Crippen LogP contribution is 2.24. The van der Waals surface area contributed by atoms with Gasteiger partial charge in [-0.25, -0.2) is 9.97 Å². The van der Waals surface area contributed by atoms with Crippen LogP contribution in [0.25, 0.3) is 11.4 Å². The van der Waals surface area contributed by atoms with Gasteiger partial charge in [0.2, 0.25) is 11.8 Å². The number of nitrogens with two attached hydrogens (primary N) is 2. The van der Waals surface area contributed by atoms with E-state index in [1.165, 1.54) is 30.6 Å². The maximum absolute atomic E-state index is 11.4. The van der Waals surface area contributed by atoms with Gasteiger partial charge in [-0.2, -0.15) is 0 Å². The number of hydrogen-bond acceptors (Lipinski definition) is 4. The molecule has 0 fully saturated rings. The van der Waals surface area contributed by atoms with E-state index < -0.39 is 11.8 Å². The quantitative estimate of drug-likeness (QED) is 0.808. The number of aromatic nitrogens is 2. The SMILES string of the molecule is NC(=O)c1cccc(C(N)=O)c1-c1ncccn1. The van der Waals surface area contributed by atoms with E-state index in [4.69, 9.17) is 11.5 Å². The lowest BCUT2D eigenvalue weighted by Gasteiger charge is -2.09. The van der Waals surface area contributed by atoms with Crippen molar-refractivity contribution in [3.63, 3.8) is 0 Å². The van der Waals surface area contributed by atoms with Crippen molar-refractivity contribution in [3.8, 4) is 11.4 Å². The molecule has 2 aromatic rings. The Morgan fingerprint density at radius 1 is 0.889 bits per heavy atom. The van der Waals surface area contributed by atoms with E-state index in [9.17, 15) is 9.59 Å². The highest BCUT2D eigenvalue weighted by Gasteiger charge is 2.19. The molecular formula is C12H10N4O2. The molecule has 0 unspecified atom stereocenters. The van der Waals surface area contributed by atoms with Crippen LogP contribution in [-0.4, -0.2) is 21.8 Å². The highest BCUT2D eigenvalue weighted by molar-refractivity contribution is 6.07. The molecule has 0 aliphatic carbocycles. The summed E-state index contributed by atoms with van der Waals surface area (Å²) in [6.07, 6.45) is 3.01. The first-order valence-electron chi connectivity index (χ1n) is 5.11. The Balaban J connectivity index is 2.77. The Morgan fingerprint density at radius 3 is 1.83 bits per heavy atom. The Hall–Kier alpha value is -2.76. The molecule has 18 heavy (non-hydrogen) atoms. The van der Waals surface area contributed by atoms with E-state index in [1.54, 1.807) is 6.07 Å². The summed E-state index contributed by atoms with van der Waals surface area (Å²) in [5, 5.41) is 0. The third kappa shape index (κ3) is 2.03. The lowest BCUT2D eigenvalue weighted by Crippen LogP contribution is -2.18. The lowest BCUT2D eigenvalue weighted by molar-refractivity contribution is 0.0999. The molecular weight excluding hydrogens is 232 g/mol. The van der Waals surface area contributed by atoms with Crippen molar-refractivity contribution < 1.29 is 9.59 Å². The number of benzene rings is 1. The standard InChI is InChI=1S/C12H10N4O2/c13-10(17)7-3-1-4-8(11(14)18)9(7)12-15-5-2-6-16-12/h1-6H,(H2,13,17)(H2,14,18). The summed E-state index contributed by atoms with van der Waals surface area (Å²) in [5.41, 5.74) is 11.1. The van der Waals surface area contributed by atoms with E-state index in [1.807, 2.05) is 0 Å². The molecule has 0 saturated carbocycles. The molecule has 4 N–H and O–H groups in total. The summed E-state index contributed by atoms with van der Waals surface area (Å²) < 4.78 is 0. The third-order valence-corrected chi connectivity index (χ3v) is 2.38. The van der Waals surface area contributed by atoms with Crippen LogP contribution < -0.4 is 11.5 Å². The van der Waals surface area contributed by atoms with Crippen LogP contribution in [0.4, 0.5) is 0 Å². The molecule has 6 heteroatoms. The van der Waals surface area contributed by atoms with Crippen LogP contribution >= 0.6 is 0 Å². The average molecular weight is 242 g/mol. The van der Waals surface area contributed by atoms with Gasteiger partial charge in [0.15, 0.2) is 5.82 Å². The van der Waals surface area contributed by atoms with Crippen LogP contribution in [0.15, 0.2) is 36.7 Å². The summed E-state index contributed by atoms with van der Waals surface area (Å²) in [7, 11) is 0. The normalized spacial score (nSPS) is 10.0. The molecule has 1 aromatic carbocycles. The molecule has 0 aliphatic heterocycles. The molecule has 1 heterocycles. The molecule has 90 valence electrons. The molecule has 0 bridgehead atoms. The van der Waals surface area contributed by atoms with Crippen LogP contribution in [0.2, 0.25) is 0 Å². The fourth-order valence-electron chi connectivity index (χ4n) is 1.63. The number of carbonyl (C=O) groups is 2. The maximum Gasteiger partial charge on any atom is 0.249 e. The number of amides is 2. The second kappa shape index (κ2) is 4.62. The molecule has 0 atom stereocenters. The number of hydrogen-bond donors (Lipinski definition) is 2. The second-order valence-electron chi connectivity index (χ2n) is 3.53. The minimum atomic E-state index is -0.666. The monoisotopic (exact) mass is 242 g/mol. The van der Waals surface area contributed by atoms with Gasteiger partial charge in [0.1, 0.15) is 0 Å². The van der Waals surface area contributed by atoms with Crippen molar-refractivity contribution in [3.05, 3.63) is 47.8 Å². The van der Waals surface area contributed by atoms with E-state index >= 15 is 0 Å². The summed E-state index contributed by atoms with van der Waals surface area (Å²) in [4.78, 5) is 30.8. The maximum atomic E-state index is 11.4. The van der Waals surface area contributed by atoms with Crippen molar-refractivity contribution >= 4 is 11.8 Å². The molecule has 0 spiro atoms. The molecule has 2 rings (SSSR count). The fourth-order valence-corrected chi connectivity index (χ4v) is 1.63. The smallest absolute Gasteiger partial charge is 0.249 e. The molecule has 2 amide bonds. The van der Waals surface area contributed by atoms with E-state index in [-0.39, 0.29) is 22.5 Å². The Kier molecular flexibility index (Phi) is 3.01. The van der Waals surface area contributed by atoms with Crippen LogP contribution in [0.1, 0.15) is 20.7 Å². The molecule has 0 aliphatic rings. The summed E-state index contributed by atoms with van der Waals surface area (Å²) in [6, 6.07) is 6.16. The molecule has 0 radical (unpaired) electrons. The first-order chi connectivity index (χ1) is 8.61. The average Bonchev–Trinajstić information content (AvgIpc) is 2.38. The predicted octanol–water partition coefficient (Wildman–Crippen LogP) is 0.341.